The van der Waals surface area contributed by atoms with Crippen molar-refractivity contribution in [1.29, 1.82) is 0 Å². The Balaban J connectivity index is 2.06. The summed E-state index contributed by atoms with van der Waals surface area (Å²) in [4.78, 5) is 7.73. The highest BCUT2D eigenvalue weighted by Gasteiger charge is 2.23. The van der Waals surface area contributed by atoms with Crippen LogP contribution in [0, 0.1) is 11.7 Å². The monoisotopic (exact) mass is 263 g/mol. The average Bonchev–Trinajstić information content (AvgIpc) is 2.65. The average molecular weight is 263 g/mol. The molecule has 1 saturated carbocycles. The molecule has 0 atom stereocenters. The largest absolute Gasteiger partial charge is 0.393 e. The third-order valence-corrected chi connectivity index (χ3v) is 4.02. The maximum atomic E-state index is 9.58. The molecule has 2 N–H and O–H groups in total. The van der Waals surface area contributed by atoms with E-state index >= 15 is 0 Å². The van der Waals surface area contributed by atoms with Crippen LogP contribution < -0.4 is 0 Å². The van der Waals surface area contributed by atoms with Crippen molar-refractivity contribution in [3.05, 3.63) is 22.6 Å². The lowest BCUT2D eigenvalue weighted by Gasteiger charge is -2.26. The first kappa shape index (κ1) is 11.9. The molecule has 2 heterocycles. The fourth-order valence-electron chi connectivity index (χ4n) is 2.77. The first-order chi connectivity index (χ1) is 8.65. The zero-order valence-electron chi connectivity index (χ0n) is 10.4. The van der Waals surface area contributed by atoms with Crippen LogP contribution in [0.25, 0.3) is 11.2 Å². The van der Waals surface area contributed by atoms with Crippen molar-refractivity contribution in [2.24, 2.45) is 0 Å². The second kappa shape index (κ2) is 4.48. The SMILES string of the molecule is Cc1cnc2c(c1)[nH]c(=S)n2C1CCC(O)CC1. The predicted molar refractivity (Wildman–Crippen MR) is 73.2 cm³/mol. The van der Waals surface area contributed by atoms with E-state index in [-0.39, 0.29) is 6.10 Å². The summed E-state index contributed by atoms with van der Waals surface area (Å²) in [6.07, 6.45) is 5.38. The van der Waals surface area contributed by atoms with Crippen LogP contribution >= 0.6 is 12.2 Å². The topological polar surface area (TPSA) is 53.8 Å². The van der Waals surface area contributed by atoms with E-state index in [0.717, 1.165) is 47.2 Å². The molecule has 18 heavy (non-hydrogen) atoms. The van der Waals surface area contributed by atoms with Crippen LogP contribution in [-0.4, -0.2) is 25.7 Å². The molecule has 1 aliphatic carbocycles. The van der Waals surface area contributed by atoms with Crippen molar-refractivity contribution in [2.75, 3.05) is 0 Å². The number of fused-ring (bicyclic) bond motifs is 1. The van der Waals surface area contributed by atoms with E-state index < -0.39 is 0 Å². The van der Waals surface area contributed by atoms with Gasteiger partial charge >= 0.3 is 0 Å². The molecule has 0 bridgehead atoms. The number of aromatic nitrogens is 3. The van der Waals surface area contributed by atoms with E-state index in [4.69, 9.17) is 12.2 Å². The Hall–Kier alpha value is -1.20. The number of pyridine rings is 1. The molecule has 2 aromatic heterocycles. The summed E-state index contributed by atoms with van der Waals surface area (Å²) < 4.78 is 2.86. The summed E-state index contributed by atoms with van der Waals surface area (Å²) >= 11 is 5.41. The van der Waals surface area contributed by atoms with Gasteiger partial charge in [-0.1, -0.05) is 0 Å². The highest BCUT2D eigenvalue weighted by molar-refractivity contribution is 7.71. The molecule has 1 aliphatic rings. The van der Waals surface area contributed by atoms with Crippen LogP contribution in [-0.2, 0) is 0 Å². The minimum Gasteiger partial charge on any atom is -0.393 e. The number of H-pyrrole nitrogens is 1. The summed E-state index contributed by atoms with van der Waals surface area (Å²) in [5.74, 6) is 0. The van der Waals surface area contributed by atoms with Crippen molar-refractivity contribution in [3.63, 3.8) is 0 Å². The van der Waals surface area contributed by atoms with Crippen molar-refractivity contribution < 1.29 is 5.11 Å². The molecule has 0 aromatic carbocycles. The number of rotatable bonds is 1. The van der Waals surface area contributed by atoms with Gasteiger partial charge in [0, 0.05) is 12.2 Å². The van der Waals surface area contributed by atoms with Gasteiger partial charge < -0.3 is 10.1 Å². The third kappa shape index (κ3) is 1.97. The lowest BCUT2D eigenvalue weighted by atomic mass is 9.93. The Morgan fingerprint density at radius 2 is 2.11 bits per heavy atom. The van der Waals surface area contributed by atoms with Crippen molar-refractivity contribution in [3.8, 4) is 0 Å². The molecule has 0 spiro atoms. The molecule has 0 saturated heterocycles. The summed E-state index contributed by atoms with van der Waals surface area (Å²) in [7, 11) is 0. The number of hydrogen-bond acceptors (Lipinski definition) is 3. The molecule has 0 amide bonds. The third-order valence-electron chi connectivity index (χ3n) is 3.72. The number of aliphatic hydroxyl groups excluding tert-OH is 1. The number of aromatic amines is 1. The maximum absolute atomic E-state index is 9.58. The quantitative estimate of drug-likeness (QED) is 0.778. The Bertz CT molecular complexity index is 623. The number of nitrogens with zero attached hydrogens (tertiary/aromatic N) is 2. The second-order valence-corrected chi connectivity index (χ2v) is 5.53. The van der Waals surface area contributed by atoms with Gasteiger partial charge in [0.05, 0.1) is 11.6 Å². The first-order valence-electron chi connectivity index (χ1n) is 6.40. The second-order valence-electron chi connectivity index (χ2n) is 5.15. The van der Waals surface area contributed by atoms with E-state index in [0.29, 0.717) is 6.04 Å². The molecule has 5 heteroatoms. The molecule has 96 valence electrons. The molecule has 0 unspecified atom stereocenters. The van der Waals surface area contributed by atoms with Crippen molar-refractivity contribution in [2.45, 2.75) is 44.8 Å². The molecule has 0 radical (unpaired) electrons. The fourth-order valence-corrected chi connectivity index (χ4v) is 3.12. The minimum absolute atomic E-state index is 0.143. The Kier molecular flexibility index (Phi) is 2.95. The molecular formula is C13H17N3OS. The van der Waals surface area contributed by atoms with Gasteiger partial charge in [0.1, 0.15) is 0 Å². The standard InChI is InChI=1S/C13H17N3OS/c1-8-6-11-12(14-7-8)16(13(18)15-11)9-2-4-10(17)5-3-9/h6-7,9-10,17H,2-5H2,1H3,(H,15,18). The summed E-state index contributed by atoms with van der Waals surface area (Å²) in [5, 5.41) is 9.58. The normalized spacial score (nSPS) is 24.6. The number of nitrogens with one attached hydrogen (secondary N) is 1. The van der Waals surface area contributed by atoms with Crippen molar-refractivity contribution in [1.82, 2.24) is 14.5 Å². The molecule has 0 aliphatic heterocycles. The highest BCUT2D eigenvalue weighted by atomic mass is 32.1. The van der Waals surface area contributed by atoms with E-state index in [2.05, 4.69) is 20.6 Å². The van der Waals surface area contributed by atoms with Gasteiger partial charge in [0.25, 0.3) is 0 Å². The van der Waals surface area contributed by atoms with Gasteiger partial charge in [-0.2, -0.15) is 0 Å². The lowest BCUT2D eigenvalue weighted by Crippen LogP contribution is -2.21. The number of aliphatic hydroxyl groups is 1. The molecular weight excluding hydrogens is 246 g/mol. The van der Waals surface area contributed by atoms with E-state index in [1.165, 1.54) is 0 Å². The smallest absolute Gasteiger partial charge is 0.179 e. The van der Waals surface area contributed by atoms with Crippen molar-refractivity contribution >= 4 is 23.4 Å². The van der Waals surface area contributed by atoms with E-state index in [9.17, 15) is 5.11 Å². The Labute approximate surface area is 111 Å². The number of aryl methyl sites for hydroxylation is 1. The van der Waals surface area contributed by atoms with Crippen LogP contribution in [0.4, 0.5) is 0 Å². The van der Waals surface area contributed by atoms with Crippen LogP contribution in [0.2, 0.25) is 0 Å². The minimum atomic E-state index is -0.143. The van der Waals surface area contributed by atoms with E-state index in [1.54, 1.807) is 0 Å². The van der Waals surface area contributed by atoms with Gasteiger partial charge in [0.2, 0.25) is 0 Å². The van der Waals surface area contributed by atoms with Gasteiger partial charge in [-0.25, -0.2) is 4.98 Å². The lowest BCUT2D eigenvalue weighted by molar-refractivity contribution is 0.111. The predicted octanol–water partition coefficient (Wildman–Crippen LogP) is 2.88. The van der Waals surface area contributed by atoms with E-state index in [1.807, 2.05) is 13.1 Å². The molecule has 1 fully saturated rings. The first-order valence-corrected chi connectivity index (χ1v) is 6.81. The van der Waals surface area contributed by atoms with Crippen LogP contribution in [0.1, 0.15) is 37.3 Å². The zero-order chi connectivity index (χ0) is 12.7. The zero-order valence-corrected chi connectivity index (χ0v) is 11.2. The molecule has 2 aromatic rings. The highest BCUT2D eigenvalue weighted by Crippen LogP contribution is 2.31. The van der Waals surface area contributed by atoms with Gasteiger partial charge in [-0.15, -0.1) is 0 Å². The molecule has 4 nitrogen and oxygen atoms in total. The van der Waals surface area contributed by atoms with Gasteiger partial charge in [-0.3, -0.25) is 4.57 Å². The summed E-state index contributed by atoms with van der Waals surface area (Å²) in [6.45, 7) is 2.03. The van der Waals surface area contributed by atoms with Gasteiger partial charge in [-0.05, 0) is 56.5 Å². The fraction of sp³-hybridized carbons (Fsp3) is 0.538. The molecule has 3 rings (SSSR count). The van der Waals surface area contributed by atoms with Crippen LogP contribution in [0.3, 0.4) is 0 Å². The van der Waals surface area contributed by atoms with Crippen LogP contribution in [0.15, 0.2) is 12.3 Å². The maximum Gasteiger partial charge on any atom is 0.179 e. The van der Waals surface area contributed by atoms with Crippen LogP contribution in [0.5, 0.6) is 0 Å². The Morgan fingerprint density at radius 1 is 1.39 bits per heavy atom. The number of hydrogen-bond donors (Lipinski definition) is 2. The summed E-state index contributed by atoms with van der Waals surface area (Å²) in [6, 6.07) is 2.44. The Morgan fingerprint density at radius 3 is 2.83 bits per heavy atom. The number of imidazole rings is 1. The van der Waals surface area contributed by atoms with Gasteiger partial charge in [0.15, 0.2) is 10.4 Å². The summed E-state index contributed by atoms with van der Waals surface area (Å²) in [5.41, 5.74) is 3.07.